The van der Waals surface area contributed by atoms with E-state index in [1.54, 1.807) is 25.1 Å². The number of aliphatic hydroxyl groups is 1. The van der Waals surface area contributed by atoms with Gasteiger partial charge in [0.25, 0.3) is 0 Å². The lowest BCUT2D eigenvalue weighted by molar-refractivity contribution is -0.136. The Morgan fingerprint density at radius 1 is 1.05 bits per heavy atom. The number of hydrogen-bond donors (Lipinski definition) is 4. The van der Waals surface area contributed by atoms with Crippen molar-refractivity contribution in [3.63, 3.8) is 0 Å². The molecule has 2 aromatic carbocycles. The third kappa shape index (κ3) is 7.76. The van der Waals surface area contributed by atoms with Crippen LogP contribution in [-0.2, 0) is 6.18 Å². The fourth-order valence-corrected chi connectivity index (χ4v) is 3.99. The van der Waals surface area contributed by atoms with E-state index in [1.165, 1.54) is 26.4 Å². The number of nitrogens with one attached hydrogen (secondary N) is 3. The van der Waals surface area contributed by atoms with Gasteiger partial charge in [0.05, 0.1) is 37.3 Å². The van der Waals surface area contributed by atoms with E-state index < -0.39 is 17.8 Å². The molecule has 3 rings (SSSR count). The summed E-state index contributed by atoms with van der Waals surface area (Å²) in [7, 11) is 3.05. The van der Waals surface area contributed by atoms with Crippen LogP contribution in [0.5, 0.6) is 11.5 Å². The maximum Gasteiger partial charge on any atom is 0.418 e. The van der Waals surface area contributed by atoms with Crippen molar-refractivity contribution in [1.82, 2.24) is 0 Å². The van der Waals surface area contributed by atoms with Gasteiger partial charge in [0, 0.05) is 29.6 Å². The van der Waals surface area contributed by atoms with Gasteiger partial charge in [0.2, 0.25) is 0 Å². The first kappa shape index (κ1) is 29.8. The molecule has 0 aromatic heterocycles. The second kappa shape index (κ2) is 13.2. The molecule has 202 valence electrons. The molecule has 0 aliphatic heterocycles. The van der Waals surface area contributed by atoms with Crippen molar-refractivity contribution in [3.05, 3.63) is 70.9 Å². The summed E-state index contributed by atoms with van der Waals surface area (Å²) in [6.45, 7) is 9.79. The molecule has 37 heavy (non-hydrogen) atoms. The number of anilines is 2. The van der Waals surface area contributed by atoms with Gasteiger partial charge in [0.1, 0.15) is 11.5 Å². The van der Waals surface area contributed by atoms with Crippen LogP contribution in [-0.4, -0.2) is 37.7 Å². The topological polar surface area (TPSA) is 86.6 Å². The van der Waals surface area contributed by atoms with E-state index in [0.717, 1.165) is 18.1 Å². The zero-order valence-electron chi connectivity index (χ0n) is 22.0. The van der Waals surface area contributed by atoms with Crippen LogP contribution < -0.4 is 20.1 Å². The van der Waals surface area contributed by atoms with E-state index in [1.807, 2.05) is 13.8 Å². The SMILES string of the molecule is C=C(Nc1cc(NCC(C)O)ccc1C(F)(F)F)C1=C(C(=N)c2cc(OC)cc(OC)c2)CCC1.CC. The Kier molecular flexibility index (Phi) is 10.6. The number of benzene rings is 2. The maximum atomic E-state index is 13.7. The highest BCUT2D eigenvalue weighted by Gasteiger charge is 2.34. The Labute approximate surface area is 216 Å². The van der Waals surface area contributed by atoms with Gasteiger partial charge in [-0.3, -0.25) is 5.41 Å². The fraction of sp³-hybridized carbons (Fsp3) is 0.393. The van der Waals surface area contributed by atoms with Gasteiger partial charge in [-0.1, -0.05) is 20.4 Å². The molecule has 0 saturated heterocycles. The Balaban J connectivity index is 0.00000235. The molecule has 0 saturated carbocycles. The molecule has 1 aliphatic carbocycles. The molecule has 0 radical (unpaired) electrons. The Hall–Kier alpha value is -3.46. The number of allylic oxidation sites excluding steroid dienone is 2. The highest BCUT2D eigenvalue weighted by Crippen LogP contribution is 2.39. The van der Waals surface area contributed by atoms with Gasteiger partial charge in [-0.25, -0.2) is 0 Å². The number of methoxy groups -OCH3 is 2. The zero-order chi connectivity index (χ0) is 27.8. The third-order valence-electron chi connectivity index (χ3n) is 5.74. The van der Waals surface area contributed by atoms with Gasteiger partial charge in [-0.15, -0.1) is 0 Å². The van der Waals surface area contributed by atoms with Crippen molar-refractivity contribution >= 4 is 17.1 Å². The summed E-state index contributed by atoms with van der Waals surface area (Å²) in [5, 5.41) is 24.0. The smallest absolute Gasteiger partial charge is 0.418 e. The molecule has 6 nitrogen and oxygen atoms in total. The average molecular weight is 520 g/mol. The van der Waals surface area contributed by atoms with E-state index in [-0.39, 0.29) is 17.9 Å². The summed E-state index contributed by atoms with van der Waals surface area (Å²) in [6.07, 6.45) is -3.27. The minimum atomic E-state index is -4.57. The molecule has 1 aliphatic rings. The van der Waals surface area contributed by atoms with Crippen molar-refractivity contribution in [2.75, 3.05) is 31.4 Å². The molecule has 0 bridgehead atoms. The molecule has 0 fully saturated rings. The third-order valence-corrected chi connectivity index (χ3v) is 5.74. The molecular weight excluding hydrogens is 483 g/mol. The van der Waals surface area contributed by atoms with Gasteiger partial charge in [-0.05, 0) is 67.7 Å². The largest absolute Gasteiger partial charge is 0.497 e. The normalized spacial score (nSPS) is 13.9. The molecule has 1 unspecified atom stereocenters. The first-order valence-corrected chi connectivity index (χ1v) is 12.2. The van der Waals surface area contributed by atoms with Crippen molar-refractivity contribution < 1.29 is 27.8 Å². The van der Waals surface area contributed by atoms with Crippen LogP contribution in [0.3, 0.4) is 0 Å². The summed E-state index contributed by atoms with van der Waals surface area (Å²) < 4.78 is 51.7. The molecular formula is C28H36F3N3O3. The zero-order valence-corrected chi connectivity index (χ0v) is 22.0. The van der Waals surface area contributed by atoms with Crippen molar-refractivity contribution in [1.29, 1.82) is 5.41 Å². The minimum Gasteiger partial charge on any atom is -0.497 e. The number of alkyl halides is 3. The number of aliphatic hydroxyl groups excluding tert-OH is 1. The van der Waals surface area contributed by atoms with Crippen LogP contribution in [0.1, 0.15) is 51.2 Å². The molecule has 0 heterocycles. The average Bonchev–Trinajstić information content (AvgIpc) is 3.37. The van der Waals surface area contributed by atoms with E-state index in [0.29, 0.717) is 46.9 Å². The summed E-state index contributed by atoms with van der Waals surface area (Å²) in [6, 6.07) is 8.83. The van der Waals surface area contributed by atoms with Crippen molar-refractivity contribution in [3.8, 4) is 11.5 Å². The predicted octanol–water partition coefficient (Wildman–Crippen LogP) is 7.02. The van der Waals surface area contributed by atoms with Gasteiger partial charge in [0.15, 0.2) is 0 Å². The lowest BCUT2D eigenvalue weighted by Gasteiger charge is -2.20. The summed E-state index contributed by atoms with van der Waals surface area (Å²) in [5.74, 6) is 1.08. The van der Waals surface area contributed by atoms with E-state index >= 15 is 0 Å². The standard InChI is InChI=1S/C26H30F3N3O3.C2H6/c1-15(33)14-31-18-8-9-23(26(27,28)29)24(12-18)32-16(2)21-6-5-7-22(21)25(30)17-10-19(34-3)13-20(11-17)35-4;1-2/h8-13,15,30-33H,2,5-7,14H2,1,3-4H3;1-2H3. The van der Waals surface area contributed by atoms with Crippen LogP contribution >= 0.6 is 0 Å². The van der Waals surface area contributed by atoms with Gasteiger partial charge < -0.3 is 25.2 Å². The molecule has 2 aromatic rings. The molecule has 9 heteroatoms. The van der Waals surface area contributed by atoms with Crippen LogP contribution in [0.15, 0.2) is 59.8 Å². The lowest BCUT2D eigenvalue weighted by Crippen LogP contribution is -2.16. The molecule has 0 spiro atoms. The Morgan fingerprint density at radius 2 is 1.65 bits per heavy atom. The quantitative estimate of drug-likeness (QED) is 0.254. The van der Waals surface area contributed by atoms with Crippen LogP contribution in [0.4, 0.5) is 24.5 Å². The van der Waals surface area contributed by atoms with Crippen LogP contribution in [0.2, 0.25) is 0 Å². The fourth-order valence-electron chi connectivity index (χ4n) is 3.99. The second-order valence-electron chi connectivity index (χ2n) is 8.38. The number of ether oxygens (including phenoxy) is 2. The van der Waals surface area contributed by atoms with E-state index in [9.17, 15) is 18.3 Å². The van der Waals surface area contributed by atoms with Gasteiger partial charge in [-0.2, -0.15) is 13.2 Å². The number of halogens is 3. The summed E-state index contributed by atoms with van der Waals surface area (Å²) >= 11 is 0. The second-order valence-corrected chi connectivity index (χ2v) is 8.38. The predicted molar refractivity (Wildman–Crippen MR) is 143 cm³/mol. The summed E-state index contributed by atoms with van der Waals surface area (Å²) in [5.41, 5.74) is 2.05. The Bertz CT molecular complexity index is 1120. The van der Waals surface area contributed by atoms with Crippen molar-refractivity contribution in [2.24, 2.45) is 0 Å². The first-order chi connectivity index (χ1) is 17.5. The summed E-state index contributed by atoms with van der Waals surface area (Å²) in [4.78, 5) is 0. The number of hydrogen-bond acceptors (Lipinski definition) is 6. The molecule has 1 atom stereocenters. The Morgan fingerprint density at radius 3 is 2.19 bits per heavy atom. The number of rotatable bonds is 10. The van der Waals surface area contributed by atoms with Crippen LogP contribution in [0, 0.1) is 5.41 Å². The van der Waals surface area contributed by atoms with E-state index in [2.05, 4.69) is 17.2 Å². The first-order valence-electron chi connectivity index (χ1n) is 12.2. The monoisotopic (exact) mass is 519 g/mol. The molecule has 4 N–H and O–H groups in total. The van der Waals surface area contributed by atoms with Gasteiger partial charge >= 0.3 is 6.18 Å². The van der Waals surface area contributed by atoms with Crippen LogP contribution in [0.25, 0.3) is 0 Å². The lowest BCUT2D eigenvalue weighted by atomic mass is 9.97. The molecule has 0 amide bonds. The minimum absolute atomic E-state index is 0.147. The van der Waals surface area contributed by atoms with E-state index in [4.69, 9.17) is 14.9 Å². The maximum absolute atomic E-state index is 13.7. The van der Waals surface area contributed by atoms with Crippen molar-refractivity contribution in [2.45, 2.75) is 52.3 Å². The highest BCUT2D eigenvalue weighted by atomic mass is 19.4. The highest BCUT2D eigenvalue weighted by molar-refractivity contribution is 6.12.